The second-order valence-electron chi connectivity index (χ2n) is 7.77. The third-order valence-corrected chi connectivity index (χ3v) is 6.10. The van der Waals surface area contributed by atoms with Crippen molar-refractivity contribution < 1.29 is 14.3 Å². The van der Waals surface area contributed by atoms with Crippen molar-refractivity contribution >= 4 is 39.2 Å². The van der Waals surface area contributed by atoms with Crippen molar-refractivity contribution in [3.63, 3.8) is 0 Å². The zero-order valence-electron chi connectivity index (χ0n) is 18.6. The highest BCUT2D eigenvalue weighted by molar-refractivity contribution is 7.14. The fourth-order valence-electron chi connectivity index (χ4n) is 3.63. The lowest BCUT2D eigenvalue weighted by atomic mass is 10.1. The van der Waals surface area contributed by atoms with Crippen molar-refractivity contribution in [3.05, 3.63) is 65.2 Å². The first kappa shape index (κ1) is 22.5. The van der Waals surface area contributed by atoms with Crippen molar-refractivity contribution in [3.8, 4) is 17.0 Å². The maximum absolute atomic E-state index is 12.6. The topological polar surface area (TPSA) is 96.1 Å². The molecule has 3 N–H and O–H groups in total. The molecular formula is C25H26N4O3S. The van der Waals surface area contributed by atoms with E-state index in [-0.39, 0.29) is 18.2 Å². The number of amides is 2. The fraction of sp³-hybridized carbons (Fsp3) is 0.240. The highest BCUT2D eigenvalue weighted by Gasteiger charge is 2.12. The predicted octanol–water partition coefficient (Wildman–Crippen LogP) is 4.55. The van der Waals surface area contributed by atoms with Crippen molar-refractivity contribution in [1.82, 2.24) is 15.3 Å². The third kappa shape index (κ3) is 5.78. The van der Waals surface area contributed by atoms with Crippen molar-refractivity contribution in [2.45, 2.75) is 26.2 Å². The Morgan fingerprint density at radius 2 is 1.97 bits per heavy atom. The molecule has 2 aromatic carbocycles. The standard InChI is InChI=1S/C25H26N4O3S/c1-16(30)26-11-3-4-17-5-7-18(8-6-17)23-15-33-25(28-23)29-24(31)12-19-14-27-22-10-9-20(32-2)13-21(19)22/h5-10,13-15,27H,3-4,11-12H2,1-2H3,(H,26,30)(H,28,29,31). The summed E-state index contributed by atoms with van der Waals surface area (Å²) in [4.78, 5) is 31.3. The first-order valence-electron chi connectivity index (χ1n) is 10.7. The molecule has 7 nitrogen and oxygen atoms in total. The summed E-state index contributed by atoms with van der Waals surface area (Å²) in [7, 11) is 1.63. The Balaban J connectivity index is 1.35. The molecule has 4 aromatic rings. The minimum Gasteiger partial charge on any atom is -0.497 e. The molecule has 33 heavy (non-hydrogen) atoms. The average Bonchev–Trinajstić information content (AvgIpc) is 3.44. The van der Waals surface area contributed by atoms with Gasteiger partial charge in [0.2, 0.25) is 11.8 Å². The van der Waals surface area contributed by atoms with E-state index in [0.717, 1.165) is 46.3 Å². The van der Waals surface area contributed by atoms with Gasteiger partial charge >= 0.3 is 0 Å². The number of nitrogens with one attached hydrogen (secondary N) is 3. The van der Waals surface area contributed by atoms with E-state index in [2.05, 4.69) is 32.7 Å². The van der Waals surface area contributed by atoms with E-state index in [1.165, 1.54) is 23.8 Å². The molecule has 0 aliphatic carbocycles. The Morgan fingerprint density at radius 3 is 2.73 bits per heavy atom. The lowest BCUT2D eigenvalue weighted by Gasteiger charge is -2.04. The average molecular weight is 463 g/mol. The number of fused-ring (bicyclic) bond motifs is 1. The molecule has 0 saturated heterocycles. The van der Waals surface area contributed by atoms with Gasteiger partial charge in [-0.2, -0.15) is 0 Å². The molecule has 0 saturated carbocycles. The summed E-state index contributed by atoms with van der Waals surface area (Å²) in [6.45, 7) is 2.21. The number of nitrogens with zero attached hydrogens (tertiary/aromatic N) is 1. The minimum atomic E-state index is -0.117. The van der Waals surface area contributed by atoms with E-state index in [9.17, 15) is 9.59 Å². The number of aryl methyl sites for hydroxylation is 1. The van der Waals surface area contributed by atoms with E-state index < -0.39 is 0 Å². The molecule has 0 spiro atoms. The number of thiazole rings is 1. The van der Waals surface area contributed by atoms with Crippen LogP contribution in [0.4, 0.5) is 5.13 Å². The number of carbonyl (C=O) groups is 2. The summed E-state index contributed by atoms with van der Waals surface area (Å²) in [5.41, 5.74) is 4.92. The van der Waals surface area contributed by atoms with Crippen LogP contribution in [-0.4, -0.2) is 35.4 Å². The van der Waals surface area contributed by atoms with Crippen LogP contribution in [0.3, 0.4) is 0 Å². The van der Waals surface area contributed by atoms with E-state index in [0.29, 0.717) is 11.7 Å². The van der Waals surface area contributed by atoms with E-state index in [1.807, 2.05) is 41.9 Å². The van der Waals surface area contributed by atoms with Crippen LogP contribution in [-0.2, 0) is 22.4 Å². The molecule has 0 aliphatic rings. The Hall–Kier alpha value is -3.65. The van der Waals surface area contributed by atoms with Crippen LogP contribution in [0.5, 0.6) is 5.75 Å². The SMILES string of the molecule is COc1ccc2[nH]cc(CC(=O)Nc3nc(-c4ccc(CCCNC(C)=O)cc4)cs3)c2c1. The summed E-state index contributed by atoms with van der Waals surface area (Å²) >= 11 is 1.41. The normalized spacial score (nSPS) is 10.8. The third-order valence-electron chi connectivity index (χ3n) is 5.34. The summed E-state index contributed by atoms with van der Waals surface area (Å²) in [5.74, 6) is 0.639. The lowest BCUT2D eigenvalue weighted by molar-refractivity contribution is -0.119. The van der Waals surface area contributed by atoms with Crippen LogP contribution < -0.4 is 15.4 Å². The molecule has 8 heteroatoms. The van der Waals surface area contributed by atoms with Crippen LogP contribution in [0, 0.1) is 0 Å². The number of hydrogen-bond donors (Lipinski definition) is 3. The highest BCUT2D eigenvalue weighted by Crippen LogP contribution is 2.27. The number of hydrogen-bond acceptors (Lipinski definition) is 5. The van der Waals surface area contributed by atoms with Crippen LogP contribution in [0.2, 0.25) is 0 Å². The van der Waals surface area contributed by atoms with Gasteiger partial charge in [0.25, 0.3) is 0 Å². The maximum atomic E-state index is 12.6. The number of benzene rings is 2. The molecule has 2 aromatic heterocycles. The number of aromatic amines is 1. The van der Waals surface area contributed by atoms with Crippen LogP contribution >= 0.6 is 11.3 Å². The number of carbonyl (C=O) groups excluding carboxylic acids is 2. The molecule has 4 rings (SSSR count). The number of ether oxygens (including phenoxy) is 1. The van der Waals surface area contributed by atoms with Gasteiger partial charge in [0, 0.05) is 41.5 Å². The van der Waals surface area contributed by atoms with Crippen molar-refractivity contribution in [1.29, 1.82) is 0 Å². The van der Waals surface area contributed by atoms with Crippen LogP contribution in [0.1, 0.15) is 24.5 Å². The Labute approximate surface area is 196 Å². The Kier molecular flexibility index (Phi) is 7.04. The van der Waals surface area contributed by atoms with Gasteiger partial charge in [0.1, 0.15) is 5.75 Å². The van der Waals surface area contributed by atoms with Crippen molar-refractivity contribution in [2.75, 3.05) is 19.0 Å². The molecule has 2 heterocycles. The van der Waals surface area contributed by atoms with Gasteiger partial charge in [-0.15, -0.1) is 11.3 Å². The van der Waals surface area contributed by atoms with Gasteiger partial charge in [-0.1, -0.05) is 24.3 Å². The van der Waals surface area contributed by atoms with Crippen molar-refractivity contribution in [2.24, 2.45) is 0 Å². The van der Waals surface area contributed by atoms with E-state index >= 15 is 0 Å². The monoisotopic (exact) mass is 462 g/mol. The smallest absolute Gasteiger partial charge is 0.230 e. The second kappa shape index (κ2) is 10.3. The zero-order chi connectivity index (χ0) is 23.2. The molecule has 0 fully saturated rings. The molecule has 0 atom stereocenters. The molecule has 170 valence electrons. The molecule has 0 bridgehead atoms. The van der Waals surface area contributed by atoms with Crippen LogP contribution in [0.15, 0.2) is 54.0 Å². The van der Waals surface area contributed by atoms with E-state index in [1.54, 1.807) is 7.11 Å². The number of methoxy groups -OCH3 is 1. The Morgan fingerprint density at radius 1 is 1.15 bits per heavy atom. The number of H-pyrrole nitrogens is 1. The van der Waals surface area contributed by atoms with E-state index in [4.69, 9.17) is 4.74 Å². The van der Waals surface area contributed by atoms with Gasteiger partial charge in [-0.25, -0.2) is 4.98 Å². The van der Waals surface area contributed by atoms with Gasteiger partial charge in [-0.3, -0.25) is 9.59 Å². The van der Waals surface area contributed by atoms with Gasteiger partial charge in [-0.05, 0) is 42.2 Å². The molecular weight excluding hydrogens is 436 g/mol. The second-order valence-corrected chi connectivity index (χ2v) is 8.63. The fourth-order valence-corrected chi connectivity index (χ4v) is 4.37. The molecule has 0 aliphatic heterocycles. The number of anilines is 1. The lowest BCUT2D eigenvalue weighted by Crippen LogP contribution is -2.21. The summed E-state index contributed by atoms with van der Waals surface area (Å²) in [6.07, 6.45) is 3.90. The number of rotatable bonds is 9. The number of aromatic nitrogens is 2. The minimum absolute atomic E-state index is 0.00143. The van der Waals surface area contributed by atoms with Gasteiger partial charge in [0.05, 0.1) is 19.2 Å². The van der Waals surface area contributed by atoms with Crippen LogP contribution in [0.25, 0.3) is 22.2 Å². The highest BCUT2D eigenvalue weighted by atomic mass is 32.1. The first-order chi connectivity index (χ1) is 16.0. The first-order valence-corrected chi connectivity index (χ1v) is 11.6. The molecule has 2 amide bonds. The maximum Gasteiger partial charge on any atom is 0.230 e. The zero-order valence-corrected chi connectivity index (χ0v) is 19.4. The summed E-state index contributed by atoms with van der Waals surface area (Å²) in [5, 5.41) is 9.21. The van der Waals surface area contributed by atoms with Gasteiger partial charge < -0.3 is 20.4 Å². The summed E-state index contributed by atoms with van der Waals surface area (Å²) < 4.78 is 5.29. The quantitative estimate of drug-likeness (QED) is 0.318. The molecule has 0 radical (unpaired) electrons. The summed E-state index contributed by atoms with van der Waals surface area (Å²) in [6, 6.07) is 14.0. The largest absolute Gasteiger partial charge is 0.497 e. The van der Waals surface area contributed by atoms with Gasteiger partial charge in [0.15, 0.2) is 5.13 Å². The molecule has 0 unspecified atom stereocenters. The Bertz CT molecular complexity index is 1260. The predicted molar refractivity (Wildman–Crippen MR) is 132 cm³/mol.